The summed E-state index contributed by atoms with van der Waals surface area (Å²) in [6.45, 7) is 13.5. The molecular formula is C19H33N. The van der Waals surface area contributed by atoms with Crippen LogP contribution >= 0.6 is 0 Å². The molecule has 0 aliphatic rings. The molecule has 1 aromatic rings. The van der Waals surface area contributed by atoms with Gasteiger partial charge in [0.05, 0.1) is 0 Å². The Balaban J connectivity index is 2.56. The van der Waals surface area contributed by atoms with Gasteiger partial charge in [-0.2, -0.15) is 0 Å². The molecule has 0 aliphatic heterocycles. The lowest BCUT2D eigenvalue weighted by Crippen LogP contribution is -2.29. The summed E-state index contributed by atoms with van der Waals surface area (Å²) in [6, 6.07) is 5.64. The van der Waals surface area contributed by atoms with Crippen molar-refractivity contribution in [2.45, 2.75) is 85.7 Å². The second-order valence-electron chi connectivity index (χ2n) is 6.45. The molecule has 0 spiro atoms. The first kappa shape index (κ1) is 17.2. The monoisotopic (exact) mass is 275 g/mol. The molecule has 1 rings (SSSR count). The van der Waals surface area contributed by atoms with Gasteiger partial charge in [-0.3, -0.25) is 0 Å². The lowest BCUT2D eigenvalue weighted by atomic mass is 9.94. The quantitative estimate of drug-likeness (QED) is 0.607. The van der Waals surface area contributed by atoms with Crippen molar-refractivity contribution in [2.75, 3.05) is 0 Å². The van der Waals surface area contributed by atoms with Gasteiger partial charge in [0.1, 0.15) is 0 Å². The van der Waals surface area contributed by atoms with Crippen molar-refractivity contribution in [3.8, 4) is 0 Å². The first-order chi connectivity index (χ1) is 9.45. The van der Waals surface area contributed by atoms with E-state index in [-0.39, 0.29) is 0 Å². The van der Waals surface area contributed by atoms with Crippen LogP contribution in [0.2, 0.25) is 0 Å². The van der Waals surface area contributed by atoms with E-state index in [9.17, 15) is 0 Å². The summed E-state index contributed by atoms with van der Waals surface area (Å²) in [5.74, 6) is 0. The van der Waals surface area contributed by atoms with Gasteiger partial charge in [-0.25, -0.2) is 0 Å². The molecule has 0 aromatic heterocycles. The van der Waals surface area contributed by atoms with Crippen LogP contribution in [0.5, 0.6) is 0 Å². The Morgan fingerprint density at radius 1 is 0.950 bits per heavy atom. The molecule has 0 amide bonds. The molecule has 114 valence electrons. The average Bonchev–Trinajstić information content (AvgIpc) is 2.33. The highest BCUT2D eigenvalue weighted by Crippen LogP contribution is 2.24. The summed E-state index contributed by atoms with van der Waals surface area (Å²) >= 11 is 0. The molecule has 1 heteroatoms. The molecule has 0 aliphatic carbocycles. The van der Waals surface area contributed by atoms with E-state index in [0.717, 1.165) is 0 Å². The Kier molecular flexibility index (Phi) is 7.29. The number of aryl methyl sites for hydroxylation is 3. The molecule has 20 heavy (non-hydrogen) atoms. The van der Waals surface area contributed by atoms with Gasteiger partial charge >= 0.3 is 0 Å². The molecule has 0 heterocycles. The zero-order valence-electron chi connectivity index (χ0n) is 14.3. The van der Waals surface area contributed by atoms with Gasteiger partial charge in [0, 0.05) is 12.1 Å². The first-order valence-electron chi connectivity index (χ1n) is 8.29. The second-order valence-corrected chi connectivity index (χ2v) is 6.45. The number of benzene rings is 1. The third-order valence-corrected chi connectivity index (χ3v) is 4.20. The third kappa shape index (κ3) is 5.28. The molecule has 1 aromatic carbocycles. The minimum Gasteiger partial charge on any atom is -0.308 e. The molecule has 0 saturated heterocycles. The van der Waals surface area contributed by atoms with Crippen LogP contribution in [0.1, 0.15) is 81.2 Å². The van der Waals surface area contributed by atoms with Gasteiger partial charge in [0.15, 0.2) is 0 Å². The Morgan fingerprint density at radius 3 is 2.10 bits per heavy atom. The fraction of sp³-hybridized carbons (Fsp3) is 0.684. The normalized spacial score (nSPS) is 14.3. The van der Waals surface area contributed by atoms with Crippen molar-refractivity contribution in [3.63, 3.8) is 0 Å². The summed E-state index contributed by atoms with van der Waals surface area (Å²) < 4.78 is 0. The highest BCUT2D eigenvalue weighted by atomic mass is 14.9. The van der Waals surface area contributed by atoms with Crippen molar-refractivity contribution in [3.05, 3.63) is 34.4 Å². The molecule has 1 N–H and O–H groups in total. The van der Waals surface area contributed by atoms with Crippen LogP contribution in [0.4, 0.5) is 0 Å². The van der Waals surface area contributed by atoms with E-state index in [0.29, 0.717) is 12.1 Å². The minimum atomic E-state index is 0.441. The SMILES string of the molecule is CCCCCCC(C)NC(C)c1c(C)cc(C)cc1C. The van der Waals surface area contributed by atoms with Crippen molar-refractivity contribution in [2.24, 2.45) is 0 Å². The molecular weight excluding hydrogens is 242 g/mol. The topological polar surface area (TPSA) is 12.0 Å². The summed E-state index contributed by atoms with van der Waals surface area (Å²) in [7, 11) is 0. The lowest BCUT2D eigenvalue weighted by Gasteiger charge is -2.24. The van der Waals surface area contributed by atoms with E-state index in [1.54, 1.807) is 0 Å². The maximum atomic E-state index is 3.77. The summed E-state index contributed by atoms with van der Waals surface area (Å²) in [6.07, 6.45) is 6.70. The van der Waals surface area contributed by atoms with Crippen LogP contribution < -0.4 is 5.32 Å². The first-order valence-corrected chi connectivity index (χ1v) is 8.29. The highest BCUT2D eigenvalue weighted by molar-refractivity contribution is 5.39. The van der Waals surface area contributed by atoms with Gasteiger partial charge in [-0.1, -0.05) is 50.3 Å². The van der Waals surface area contributed by atoms with E-state index in [1.165, 1.54) is 54.4 Å². The van der Waals surface area contributed by atoms with Gasteiger partial charge < -0.3 is 5.32 Å². The maximum absolute atomic E-state index is 3.77. The Hall–Kier alpha value is -0.820. The van der Waals surface area contributed by atoms with Crippen molar-refractivity contribution in [1.29, 1.82) is 0 Å². The fourth-order valence-electron chi connectivity index (χ4n) is 3.34. The Labute approximate surface area is 126 Å². The zero-order chi connectivity index (χ0) is 15.1. The standard InChI is InChI=1S/C19H33N/c1-7-8-9-10-11-17(5)20-18(6)19-15(3)12-14(2)13-16(19)4/h12-13,17-18,20H,7-11H2,1-6H3. The number of nitrogens with one attached hydrogen (secondary N) is 1. The highest BCUT2D eigenvalue weighted by Gasteiger charge is 2.14. The molecule has 0 fully saturated rings. The van der Waals surface area contributed by atoms with Crippen LogP contribution in [-0.2, 0) is 0 Å². The Bertz CT molecular complexity index is 385. The minimum absolute atomic E-state index is 0.441. The number of unbranched alkanes of at least 4 members (excludes halogenated alkanes) is 3. The zero-order valence-corrected chi connectivity index (χ0v) is 14.3. The van der Waals surface area contributed by atoms with Gasteiger partial charge in [0.2, 0.25) is 0 Å². The number of hydrogen-bond acceptors (Lipinski definition) is 1. The largest absolute Gasteiger partial charge is 0.308 e. The predicted molar refractivity (Wildman–Crippen MR) is 90.4 cm³/mol. The summed E-state index contributed by atoms with van der Waals surface area (Å²) in [5.41, 5.74) is 5.68. The summed E-state index contributed by atoms with van der Waals surface area (Å²) in [4.78, 5) is 0. The van der Waals surface area contributed by atoms with E-state index >= 15 is 0 Å². The van der Waals surface area contributed by atoms with Gasteiger partial charge in [-0.05, 0) is 57.7 Å². The lowest BCUT2D eigenvalue weighted by molar-refractivity contribution is 0.436. The molecule has 1 nitrogen and oxygen atoms in total. The molecule has 0 bridgehead atoms. The third-order valence-electron chi connectivity index (χ3n) is 4.20. The van der Waals surface area contributed by atoms with Crippen molar-refractivity contribution >= 4 is 0 Å². The van der Waals surface area contributed by atoms with Crippen molar-refractivity contribution in [1.82, 2.24) is 5.32 Å². The smallest absolute Gasteiger partial charge is 0.0299 e. The van der Waals surface area contributed by atoms with Crippen LogP contribution in [0.25, 0.3) is 0 Å². The molecule has 2 unspecified atom stereocenters. The van der Waals surface area contributed by atoms with E-state index < -0.39 is 0 Å². The molecule has 0 radical (unpaired) electrons. The Morgan fingerprint density at radius 2 is 1.55 bits per heavy atom. The van der Waals surface area contributed by atoms with Crippen molar-refractivity contribution < 1.29 is 0 Å². The van der Waals surface area contributed by atoms with Crippen LogP contribution in [0.3, 0.4) is 0 Å². The van der Waals surface area contributed by atoms with Crippen LogP contribution in [0, 0.1) is 20.8 Å². The molecule has 0 saturated carbocycles. The summed E-state index contributed by atoms with van der Waals surface area (Å²) in [5, 5.41) is 3.77. The van der Waals surface area contributed by atoms with Gasteiger partial charge in [-0.15, -0.1) is 0 Å². The van der Waals surface area contributed by atoms with E-state index in [4.69, 9.17) is 0 Å². The number of rotatable bonds is 8. The van der Waals surface area contributed by atoms with E-state index in [2.05, 4.69) is 59.0 Å². The second kappa shape index (κ2) is 8.46. The number of hydrogen-bond donors (Lipinski definition) is 1. The van der Waals surface area contributed by atoms with Gasteiger partial charge in [0.25, 0.3) is 0 Å². The average molecular weight is 275 g/mol. The van der Waals surface area contributed by atoms with Crippen LogP contribution in [0.15, 0.2) is 12.1 Å². The van der Waals surface area contributed by atoms with E-state index in [1.807, 2.05) is 0 Å². The maximum Gasteiger partial charge on any atom is 0.0299 e. The fourth-order valence-corrected chi connectivity index (χ4v) is 3.34. The molecule has 2 atom stereocenters. The van der Waals surface area contributed by atoms with Crippen LogP contribution in [-0.4, -0.2) is 6.04 Å². The predicted octanol–water partition coefficient (Wildman–Crippen LogP) is 5.62.